The van der Waals surface area contributed by atoms with Crippen LogP contribution in [0.1, 0.15) is 31.9 Å². The summed E-state index contributed by atoms with van der Waals surface area (Å²) < 4.78 is 12.3. The molecule has 0 fully saturated rings. The first-order valence-corrected chi connectivity index (χ1v) is 6.73. The summed E-state index contributed by atoms with van der Waals surface area (Å²) in [5.41, 5.74) is 7.26. The van der Waals surface area contributed by atoms with Gasteiger partial charge in [-0.3, -0.25) is 0 Å². The van der Waals surface area contributed by atoms with Gasteiger partial charge >= 0.3 is 0 Å². The normalized spacial score (nSPS) is 16.8. The van der Waals surface area contributed by atoms with Crippen molar-refractivity contribution >= 4 is 15.9 Å². The second-order valence-electron chi connectivity index (χ2n) is 4.64. The summed E-state index contributed by atoms with van der Waals surface area (Å²) in [6.07, 6.45) is 0.915. The first-order chi connectivity index (χ1) is 8.09. The minimum Gasteiger partial charge on any atom is -0.490 e. The summed E-state index contributed by atoms with van der Waals surface area (Å²) in [6.45, 7) is 5.63. The Bertz CT molecular complexity index is 407. The van der Waals surface area contributed by atoms with Gasteiger partial charge in [-0.25, -0.2) is 0 Å². The molecule has 0 spiro atoms. The highest BCUT2D eigenvalue weighted by molar-refractivity contribution is 9.10. The van der Waals surface area contributed by atoms with Gasteiger partial charge in [-0.1, -0.05) is 29.8 Å². The molecule has 4 heteroatoms. The van der Waals surface area contributed by atoms with E-state index in [2.05, 4.69) is 29.8 Å². The molecule has 1 aromatic rings. The molecule has 0 aromatic heterocycles. The molecule has 0 radical (unpaired) electrons. The van der Waals surface area contributed by atoms with Crippen molar-refractivity contribution in [2.75, 3.05) is 13.2 Å². The Balaban J connectivity index is 2.38. The molecule has 1 unspecified atom stereocenters. The van der Waals surface area contributed by atoms with E-state index in [0.29, 0.717) is 19.1 Å². The van der Waals surface area contributed by atoms with Gasteiger partial charge in [-0.05, 0) is 23.6 Å². The number of halogens is 1. The van der Waals surface area contributed by atoms with Gasteiger partial charge < -0.3 is 15.2 Å². The highest BCUT2D eigenvalue weighted by Crippen LogP contribution is 2.38. The second kappa shape index (κ2) is 5.27. The maximum absolute atomic E-state index is 6.18. The number of fused-ring (bicyclic) bond motifs is 1. The van der Waals surface area contributed by atoms with E-state index in [-0.39, 0.29) is 6.04 Å². The van der Waals surface area contributed by atoms with Crippen LogP contribution in [-0.4, -0.2) is 13.2 Å². The topological polar surface area (TPSA) is 44.5 Å². The SMILES string of the molecule is CC(C)C(N)c1cc2c(cc1Br)OCCCO2. The Kier molecular flexibility index (Phi) is 3.94. The number of nitrogens with two attached hydrogens (primary N) is 1. The Morgan fingerprint density at radius 1 is 1.18 bits per heavy atom. The molecule has 17 heavy (non-hydrogen) atoms. The van der Waals surface area contributed by atoms with Gasteiger partial charge in [0.15, 0.2) is 11.5 Å². The van der Waals surface area contributed by atoms with E-state index in [9.17, 15) is 0 Å². The van der Waals surface area contributed by atoms with Crippen molar-refractivity contribution in [3.8, 4) is 11.5 Å². The highest BCUT2D eigenvalue weighted by atomic mass is 79.9. The average Bonchev–Trinajstić information content (AvgIpc) is 2.51. The van der Waals surface area contributed by atoms with E-state index in [1.54, 1.807) is 0 Å². The molecule has 1 heterocycles. The van der Waals surface area contributed by atoms with E-state index < -0.39 is 0 Å². The Labute approximate surface area is 110 Å². The van der Waals surface area contributed by atoms with Crippen molar-refractivity contribution in [2.24, 2.45) is 11.7 Å². The lowest BCUT2D eigenvalue weighted by Gasteiger charge is -2.19. The summed E-state index contributed by atoms with van der Waals surface area (Å²) in [5.74, 6) is 1.99. The van der Waals surface area contributed by atoms with Gasteiger partial charge in [-0.2, -0.15) is 0 Å². The first-order valence-electron chi connectivity index (χ1n) is 5.94. The molecule has 1 aromatic carbocycles. The van der Waals surface area contributed by atoms with E-state index in [1.165, 1.54) is 0 Å². The summed E-state index contributed by atoms with van der Waals surface area (Å²) in [4.78, 5) is 0. The third-order valence-corrected chi connectivity index (χ3v) is 3.63. The molecule has 2 rings (SSSR count). The zero-order valence-corrected chi connectivity index (χ0v) is 11.8. The quantitative estimate of drug-likeness (QED) is 0.911. The van der Waals surface area contributed by atoms with E-state index in [1.807, 2.05) is 12.1 Å². The third-order valence-electron chi connectivity index (χ3n) is 2.94. The van der Waals surface area contributed by atoms with Gasteiger partial charge in [0, 0.05) is 16.9 Å². The standard InChI is InChI=1S/C13H18BrNO2/c1-8(2)13(15)9-6-11-12(7-10(9)14)17-5-3-4-16-11/h6-8,13H,3-5,15H2,1-2H3. The van der Waals surface area contributed by atoms with Crippen LogP contribution in [0.15, 0.2) is 16.6 Å². The number of rotatable bonds is 2. The van der Waals surface area contributed by atoms with Crippen LogP contribution < -0.4 is 15.2 Å². The fourth-order valence-corrected chi connectivity index (χ4v) is 2.40. The minimum atomic E-state index is 0.00141. The van der Waals surface area contributed by atoms with E-state index in [0.717, 1.165) is 28.0 Å². The molecule has 94 valence electrons. The van der Waals surface area contributed by atoms with Crippen molar-refractivity contribution < 1.29 is 9.47 Å². The zero-order chi connectivity index (χ0) is 12.4. The van der Waals surface area contributed by atoms with Gasteiger partial charge in [0.2, 0.25) is 0 Å². The van der Waals surface area contributed by atoms with Gasteiger partial charge in [0.05, 0.1) is 13.2 Å². The fraction of sp³-hybridized carbons (Fsp3) is 0.538. The monoisotopic (exact) mass is 299 g/mol. The molecule has 2 N–H and O–H groups in total. The Hall–Kier alpha value is -0.740. The van der Waals surface area contributed by atoms with Crippen molar-refractivity contribution in [1.29, 1.82) is 0 Å². The molecule has 0 bridgehead atoms. The Morgan fingerprint density at radius 3 is 2.35 bits per heavy atom. The Morgan fingerprint density at radius 2 is 1.76 bits per heavy atom. The highest BCUT2D eigenvalue weighted by Gasteiger charge is 2.19. The second-order valence-corrected chi connectivity index (χ2v) is 5.50. The minimum absolute atomic E-state index is 0.00141. The lowest BCUT2D eigenvalue weighted by molar-refractivity contribution is 0.297. The van der Waals surface area contributed by atoms with Crippen LogP contribution in [-0.2, 0) is 0 Å². The molecule has 0 amide bonds. The van der Waals surface area contributed by atoms with Crippen LogP contribution >= 0.6 is 15.9 Å². The predicted molar refractivity (Wildman–Crippen MR) is 71.5 cm³/mol. The maximum atomic E-state index is 6.18. The maximum Gasteiger partial charge on any atom is 0.162 e. The fourth-order valence-electron chi connectivity index (χ4n) is 1.81. The average molecular weight is 300 g/mol. The summed E-state index contributed by atoms with van der Waals surface area (Å²) in [7, 11) is 0. The van der Waals surface area contributed by atoms with Crippen LogP contribution in [0.25, 0.3) is 0 Å². The molecule has 0 saturated carbocycles. The lowest BCUT2D eigenvalue weighted by Crippen LogP contribution is -2.17. The first kappa shape index (κ1) is 12.7. The smallest absolute Gasteiger partial charge is 0.162 e. The van der Waals surface area contributed by atoms with Gasteiger partial charge in [0.25, 0.3) is 0 Å². The van der Waals surface area contributed by atoms with Crippen LogP contribution in [0.5, 0.6) is 11.5 Å². The largest absolute Gasteiger partial charge is 0.490 e. The van der Waals surface area contributed by atoms with Crippen molar-refractivity contribution in [2.45, 2.75) is 26.3 Å². The van der Waals surface area contributed by atoms with Gasteiger partial charge in [-0.15, -0.1) is 0 Å². The number of benzene rings is 1. The molecule has 3 nitrogen and oxygen atoms in total. The molecule has 0 aliphatic carbocycles. The van der Waals surface area contributed by atoms with Crippen LogP contribution in [0.2, 0.25) is 0 Å². The molecule has 1 atom stereocenters. The van der Waals surface area contributed by atoms with E-state index in [4.69, 9.17) is 15.2 Å². The molecular formula is C13H18BrNO2. The molecule has 0 saturated heterocycles. The molecule has 1 aliphatic rings. The van der Waals surface area contributed by atoms with E-state index >= 15 is 0 Å². The number of hydrogen-bond donors (Lipinski definition) is 1. The van der Waals surface area contributed by atoms with Crippen LogP contribution in [0.3, 0.4) is 0 Å². The summed E-state index contributed by atoms with van der Waals surface area (Å²) in [5, 5.41) is 0. The van der Waals surface area contributed by atoms with Crippen molar-refractivity contribution in [3.05, 3.63) is 22.2 Å². The molecule has 1 aliphatic heterocycles. The van der Waals surface area contributed by atoms with Crippen LogP contribution in [0, 0.1) is 5.92 Å². The third kappa shape index (κ3) is 2.75. The summed E-state index contributed by atoms with van der Waals surface area (Å²) >= 11 is 3.55. The number of ether oxygens (including phenoxy) is 2. The van der Waals surface area contributed by atoms with Crippen LogP contribution in [0.4, 0.5) is 0 Å². The number of hydrogen-bond acceptors (Lipinski definition) is 3. The van der Waals surface area contributed by atoms with Gasteiger partial charge in [0.1, 0.15) is 0 Å². The summed E-state index contributed by atoms with van der Waals surface area (Å²) in [6, 6.07) is 3.95. The van der Waals surface area contributed by atoms with Crippen molar-refractivity contribution in [3.63, 3.8) is 0 Å². The van der Waals surface area contributed by atoms with Crippen molar-refractivity contribution in [1.82, 2.24) is 0 Å². The zero-order valence-electron chi connectivity index (χ0n) is 10.2. The predicted octanol–water partition coefficient (Wildman–Crippen LogP) is 3.27. The molecular weight excluding hydrogens is 282 g/mol. The lowest BCUT2D eigenvalue weighted by atomic mass is 9.97.